The minimum Gasteiger partial charge on any atom is -0.493 e. The molecule has 1 N–H and O–H groups in total. The predicted molar refractivity (Wildman–Crippen MR) is 218 cm³/mol. The van der Waals surface area contributed by atoms with Gasteiger partial charge in [-0.15, -0.1) is 0 Å². The van der Waals surface area contributed by atoms with Crippen molar-refractivity contribution in [1.29, 1.82) is 0 Å². The SMILES string of the molecule is COC(=O)[C@@H]1C[C@@H](NC(C)C)CN(C(=O)OC(C)(C)C)C1.COCCCOc1cc(C(=O)N(C(C)C)C2C[C@@H](C(=O)OC)CN(C(=O)OC(C)(C)C)C2)ccc1OC. The van der Waals surface area contributed by atoms with Crippen LogP contribution in [0.4, 0.5) is 9.59 Å². The summed E-state index contributed by atoms with van der Waals surface area (Å²) in [6.45, 7) is 21.0. The third-order valence-corrected chi connectivity index (χ3v) is 9.17. The summed E-state index contributed by atoms with van der Waals surface area (Å²) in [5.74, 6) is -0.860. The molecule has 3 amide bonds. The fourth-order valence-corrected chi connectivity index (χ4v) is 6.87. The minimum atomic E-state index is -0.693. The Balaban J connectivity index is 0.000000467. The Kier molecular flexibility index (Phi) is 19.5. The van der Waals surface area contributed by atoms with Gasteiger partial charge in [-0.2, -0.15) is 0 Å². The van der Waals surface area contributed by atoms with Crippen molar-refractivity contribution in [3.05, 3.63) is 23.8 Å². The van der Waals surface area contributed by atoms with Gasteiger partial charge < -0.3 is 53.2 Å². The molecule has 2 fully saturated rings. The molecule has 2 saturated heterocycles. The number of hydrogen-bond acceptors (Lipinski definition) is 13. The Morgan fingerprint density at radius 1 is 0.741 bits per heavy atom. The van der Waals surface area contributed by atoms with E-state index in [9.17, 15) is 24.0 Å². The van der Waals surface area contributed by atoms with Crippen molar-refractivity contribution >= 4 is 30.0 Å². The van der Waals surface area contributed by atoms with Crippen molar-refractivity contribution in [2.45, 2.75) is 124 Å². The lowest BCUT2D eigenvalue weighted by atomic mass is 9.92. The van der Waals surface area contributed by atoms with Crippen LogP contribution < -0.4 is 14.8 Å². The van der Waals surface area contributed by atoms with E-state index in [1.807, 2.05) is 48.5 Å². The molecule has 0 bridgehead atoms. The Labute approximate surface area is 345 Å². The van der Waals surface area contributed by atoms with Gasteiger partial charge in [0.15, 0.2) is 11.5 Å². The van der Waals surface area contributed by atoms with E-state index >= 15 is 0 Å². The third-order valence-electron chi connectivity index (χ3n) is 9.17. The lowest BCUT2D eigenvalue weighted by Crippen LogP contribution is -2.57. The Hall–Kier alpha value is -4.31. The van der Waals surface area contributed by atoms with E-state index in [1.54, 1.807) is 63.0 Å². The van der Waals surface area contributed by atoms with Gasteiger partial charge in [-0.3, -0.25) is 14.4 Å². The number of amides is 3. The molecule has 0 saturated carbocycles. The highest BCUT2D eigenvalue weighted by molar-refractivity contribution is 5.95. The van der Waals surface area contributed by atoms with Gasteiger partial charge in [0, 0.05) is 70.0 Å². The number of hydrogen-bond donors (Lipinski definition) is 1. The van der Waals surface area contributed by atoms with Crippen LogP contribution >= 0.6 is 0 Å². The molecule has 2 aliphatic rings. The highest BCUT2D eigenvalue weighted by atomic mass is 16.6. The summed E-state index contributed by atoms with van der Waals surface area (Å²) in [4.78, 5) is 68.1. The van der Waals surface area contributed by atoms with Crippen molar-refractivity contribution in [3.8, 4) is 11.5 Å². The van der Waals surface area contributed by atoms with E-state index < -0.39 is 35.2 Å². The Bertz CT molecular complexity index is 1510. The molecule has 0 aliphatic carbocycles. The zero-order valence-electron chi connectivity index (χ0n) is 37.3. The van der Waals surface area contributed by atoms with Gasteiger partial charge in [-0.1, -0.05) is 13.8 Å². The van der Waals surface area contributed by atoms with Gasteiger partial charge in [-0.05, 0) is 86.4 Å². The average Bonchev–Trinajstić information content (AvgIpc) is 3.14. The van der Waals surface area contributed by atoms with Gasteiger partial charge in [0.2, 0.25) is 0 Å². The second kappa shape index (κ2) is 22.7. The van der Waals surface area contributed by atoms with E-state index in [0.717, 1.165) is 0 Å². The fourth-order valence-electron chi connectivity index (χ4n) is 6.87. The summed E-state index contributed by atoms with van der Waals surface area (Å²) >= 11 is 0. The Morgan fingerprint density at radius 3 is 1.74 bits per heavy atom. The first kappa shape index (κ1) is 49.8. The first-order valence-corrected chi connectivity index (χ1v) is 20.0. The van der Waals surface area contributed by atoms with Crippen LogP contribution in [-0.2, 0) is 33.3 Å². The number of ether oxygens (including phenoxy) is 7. The van der Waals surface area contributed by atoms with Crippen LogP contribution in [0.3, 0.4) is 0 Å². The van der Waals surface area contributed by atoms with Crippen LogP contribution in [0.15, 0.2) is 18.2 Å². The molecule has 2 heterocycles. The molecular formula is C42H70N4O12. The van der Waals surface area contributed by atoms with Crippen LogP contribution in [0.5, 0.6) is 11.5 Å². The summed E-state index contributed by atoms with van der Waals surface area (Å²) in [6, 6.07) is 4.76. The molecule has 16 nitrogen and oxygen atoms in total. The summed E-state index contributed by atoms with van der Waals surface area (Å²) in [6.07, 6.45) is 0.814. The van der Waals surface area contributed by atoms with E-state index in [0.29, 0.717) is 62.6 Å². The summed E-state index contributed by atoms with van der Waals surface area (Å²) in [5, 5.41) is 3.38. The van der Waals surface area contributed by atoms with E-state index in [-0.39, 0.29) is 55.1 Å². The van der Waals surface area contributed by atoms with Crippen molar-refractivity contribution in [1.82, 2.24) is 20.0 Å². The molecule has 2 aliphatic heterocycles. The first-order valence-electron chi connectivity index (χ1n) is 20.0. The average molecular weight is 823 g/mol. The molecule has 330 valence electrons. The molecule has 0 radical (unpaired) electrons. The molecule has 1 aromatic rings. The second-order valence-electron chi connectivity index (χ2n) is 17.2. The van der Waals surface area contributed by atoms with E-state index in [1.165, 1.54) is 19.1 Å². The summed E-state index contributed by atoms with van der Waals surface area (Å²) in [7, 11) is 5.86. The number of likely N-dealkylation sites (tertiary alicyclic amines) is 2. The maximum atomic E-state index is 13.8. The van der Waals surface area contributed by atoms with Crippen molar-refractivity contribution < 1.29 is 57.1 Å². The normalized spacial score (nSPS) is 19.7. The molecule has 1 unspecified atom stereocenters. The maximum absolute atomic E-state index is 13.8. The van der Waals surface area contributed by atoms with E-state index in [4.69, 9.17) is 33.2 Å². The lowest BCUT2D eigenvalue weighted by molar-refractivity contribution is -0.148. The van der Waals surface area contributed by atoms with Crippen molar-refractivity contribution in [3.63, 3.8) is 0 Å². The highest BCUT2D eigenvalue weighted by Crippen LogP contribution is 2.31. The van der Waals surface area contributed by atoms with E-state index in [2.05, 4.69) is 5.32 Å². The third kappa shape index (κ3) is 16.1. The number of methoxy groups -OCH3 is 4. The number of esters is 2. The maximum Gasteiger partial charge on any atom is 0.410 e. The van der Waals surface area contributed by atoms with Crippen LogP contribution in [0, 0.1) is 11.8 Å². The van der Waals surface area contributed by atoms with Gasteiger partial charge in [0.05, 0.1) is 45.8 Å². The van der Waals surface area contributed by atoms with Gasteiger partial charge >= 0.3 is 24.1 Å². The van der Waals surface area contributed by atoms with Gasteiger partial charge in [0.1, 0.15) is 11.2 Å². The van der Waals surface area contributed by atoms with Gasteiger partial charge in [-0.25, -0.2) is 9.59 Å². The van der Waals surface area contributed by atoms with Crippen LogP contribution in [-0.4, -0.2) is 148 Å². The molecule has 4 atom stereocenters. The molecule has 0 aromatic heterocycles. The monoisotopic (exact) mass is 822 g/mol. The molecule has 1 aromatic carbocycles. The highest BCUT2D eigenvalue weighted by Gasteiger charge is 2.41. The standard InChI is InChI=1S/C27H42N2O8.C15H28N2O4/c1-18(2)29(24(30)19-10-11-22(34-7)23(15-19)36-13-9-12-33-6)21-14-20(25(31)35-8)16-28(17-21)26(32)37-27(3,4)5;1-10(2)16-12-7-11(13(18)20-6)8-17(9-12)14(19)21-15(3,4)5/h10-11,15,18,20-21H,9,12-14,16-17H2,1-8H3;10-12,16H,7-9H2,1-6H3/t20-,21?;11-,12-/m11/s1. The van der Waals surface area contributed by atoms with Crippen molar-refractivity contribution in [2.24, 2.45) is 11.8 Å². The van der Waals surface area contributed by atoms with Crippen molar-refractivity contribution in [2.75, 3.05) is 67.8 Å². The number of piperidine rings is 2. The number of nitrogens with one attached hydrogen (secondary N) is 1. The number of carbonyl (C=O) groups excluding carboxylic acids is 5. The van der Waals surface area contributed by atoms with Crippen LogP contribution in [0.1, 0.15) is 98.9 Å². The van der Waals surface area contributed by atoms with Crippen LogP contribution in [0.2, 0.25) is 0 Å². The lowest BCUT2D eigenvalue weighted by Gasteiger charge is -2.43. The summed E-state index contributed by atoms with van der Waals surface area (Å²) in [5.41, 5.74) is -0.822. The number of benzene rings is 1. The largest absolute Gasteiger partial charge is 0.493 e. The first-order chi connectivity index (χ1) is 27.0. The second-order valence-corrected chi connectivity index (χ2v) is 17.2. The quantitative estimate of drug-likeness (QED) is 0.150. The molecule has 3 rings (SSSR count). The summed E-state index contributed by atoms with van der Waals surface area (Å²) < 4.78 is 37.1. The molecule has 0 spiro atoms. The smallest absolute Gasteiger partial charge is 0.410 e. The fraction of sp³-hybridized carbons (Fsp3) is 0.738. The topological polar surface area (TPSA) is 172 Å². The molecule has 58 heavy (non-hydrogen) atoms. The minimum absolute atomic E-state index is 0.0652. The number of carbonyl (C=O) groups is 5. The molecule has 16 heteroatoms. The Morgan fingerprint density at radius 2 is 1.28 bits per heavy atom. The van der Waals surface area contributed by atoms with Crippen LogP contribution in [0.25, 0.3) is 0 Å². The number of nitrogens with zero attached hydrogens (tertiary/aromatic N) is 3. The zero-order chi connectivity index (χ0) is 44.0. The predicted octanol–water partition coefficient (Wildman–Crippen LogP) is 5.54. The van der Waals surface area contributed by atoms with Gasteiger partial charge in [0.25, 0.3) is 5.91 Å². The zero-order valence-corrected chi connectivity index (χ0v) is 37.3. The number of rotatable bonds is 13. The molecular weight excluding hydrogens is 752 g/mol.